The molecule has 0 amide bonds. The van der Waals surface area contributed by atoms with E-state index in [4.69, 9.17) is 0 Å². The third-order valence-electron chi connectivity index (χ3n) is 1.81. The number of para-hydroxylation sites is 2. The number of benzene rings is 1. The van der Waals surface area contributed by atoms with Crippen LogP contribution < -0.4 is 0 Å². The zero-order chi connectivity index (χ0) is 9.10. The normalized spacial score (nSPS) is 10.8. The topological polar surface area (TPSA) is 28.7 Å². The van der Waals surface area contributed by atoms with Crippen molar-refractivity contribution in [3.63, 3.8) is 0 Å². The number of fused-ring (bicyclic) bond motifs is 1. The summed E-state index contributed by atoms with van der Waals surface area (Å²) in [5.74, 6) is 1.12. The van der Waals surface area contributed by atoms with Gasteiger partial charge in [-0.1, -0.05) is 30.8 Å². The van der Waals surface area contributed by atoms with Crippen molar-refractivity contribution in [2.24, 2.45) is 0 Å². The summed E-state index contributed by atoms with van der Waals surface area (Å²) in [7, 11) is 0. The van der Waals surface area contributed by atoms with E-state index in [-0.39, 0.29) is 0 Å². The molecule has 0 saturated heterocycles. The maximum Gasteiger partial charge on any atom is 0.166 e. The van der Waals surface area contributed by atoms with Gasteiger partial charge in [-0.3, -0.25) is 0 Å². The summed E-state index contributed by atoms with van der Waals surface area (Å²) in [6.45, 7) is 2.18. The average molecular weight is 192 g/mol. The lowest BCUT2D eigenvalue weighted by molar-refractivity contribution is 1.05. The van der Waals surface area contributed by atoms with Crippen LogP contribution in [0.1, 0.15) is 13.3 Å². The van der Waals surface area contributed by atoms with Crippen LogP contribution in [0.4, 0.5) is 0 Å². The molecule has 0 aliphatic carbocycles. The lowest BCUT2D eigenvalue weighted by Gasteiger charge is -1.90. The molecule has 1 aromatic heterocycles. The van der Waals surface area contributed by atoms with Gasteiger partial charge < -0.3 is 4.98 Å². The fourth-order valence-electron chi connectivity index (χ4n) is 1.20. The molecule has 0 aliphatic rings. The SMILES string of the molecule is CCCSc1nc2ccccc2[nH]1. The Morgan fingerprint density at radius 2 is 2.23 bits per heavy atom. The molecule has 1 N–H and O–H groups in total. The summed E-state index contributed by atoms with van der Waals surface area (Å²) in [5.41, 5.74) is 2.18. The van der Waals surface area contributed by atoms with E-state index >= 15 is 0 Å². The molecule has 1 aromatic carbocycles. The second-order valence-electron chi connectivity index (χ2n) is 2.91. The number of thioether (sulfide) groups is 1. The highest BCUT2D eigenvalue weighted by Gasteiger charge is 2.00. The largest absolute Gasteiger partial charge is 0.333 e. The average Bonchev–Trinajstić information content (AvgIpc) is 2.57. The van der Waals surface area contributed by atoms with Crippen molar-refractivity contribution in [3.8, 4) is 0 Å². The van der Waals surface area contributed by atoms with Gasteiger partial charge in [0.1, 0.15) is 0 Å². The van der Waals surface area contributed by atoms with Crippen LogP contribution in [-0.2, 0) is 0 Å². The van der Waals surface area contributed by atoms with E-state index in [1.807, 2.05) is 18.2 Å². The maximum absolute atomic E-state index is 4.46. The van der Waals surface area contributed by atoms with Gasteiger partial charge in [0, 0.05) is 5.75 Å². The predicted octanol–water partition coefficient (Wildman–Crippen LogP) is 3.07. The lowest BCUT2D eigenvalue weighted by Crippen LogP contribution is -1.76. The number of aromatic nitrogens is 2. The molecule has 0 bridgehead atoms. The van der Waals surface area contributed by atoms with E-state index in [1.165, 1.54) is 6.42 Å². The maximum atomic E-state index is 4.46. The van der Waals surface area contributed by atoms with Crippen molar-refractivity contribution in [2.75, 3.05) is 5.75 Å². The molecule has 2 nitrogen and oxygen atoms in total. The minimum absolute atomic E-state index is 1.03. The van der Waals surface area contributed by atoms with Gasteiger partial charge in [0.25, 0.3) is 0 Å². The summed E-state index contributed by atoms with van der Waals surface area (Å²) in [4.78, 5) is 7.74. The van der Waals surface area contributed by atoms with Crippen LogP contribution >= 0.6 is 11.8 Å². The van der Waals surface area contributed by atoms with E-state index < -0.39 is 0 Å². The minimum Gasteiger partial charge on any atom is -0.333 e. The van der Waals surface area contributed by atoms with Gasteiger partial charge in [-0.25, -0.2) is 4.98 Å². The molecule has 1 heterocycles. The van der Waals surface area contributed by atoms with Crippen molar-refractivity contribution in [1.29, 1.82) is 0 Å². The van der Waals surface area contributed by atoms with Gasteiger partial charge in [-0.15, -0.1) is 0 Å². The van der Waals surface area contributed by atoms with Crippen LogP contribution in [0, 0.1) is 0 Å². The lowest BCUT2D eigenvalue weighted by atomic mass is 10.3. The van der Waals surface area contributed by atoms with Crippen LogP contribution in [0.5, 0.6) is 0 Å². The van der Waals surface area contributed by atoms with Crippen LogP contribution in [0.3, 0.4) is 0 Å². The van der Waals surface area contributed by atoms with Crippen LogP contribution in [-0.4, -0.2) is 15.7 Å². The van der Waals surface area contributed by atoms with Gasteiger partial charge in [-0.05, 0) is 18.6 Å². The highest BCUT2D eigenvalue weighted by molar-refractivity contribution is 7.99. The molecule has 13 heavy (non-hydrogen) atoms. The molecule has 0 fully saturated rings. The number of imidazole rings is 1. The van der Waals surface area contributed by atoms with Crippen molar-refractivity contribution in [3.05, 3.63) is 24.3 Å². The Morgan fingerprint density at radius 3 is 3.00 bits per heavy atom. The first-order valence-corrected chi connectivity index (χ1v) is 5.46. The number of aromatic amines is 1. The van der Waals surface area contributed by atoms with Crippen molar-refractivity contribution in [1.82, 2.24) is 9.97 Å². The van der Waals surface area contributed by atoms with Gasteiger partial charge >= 0.3 is 0 Å². The Kier molecular flexibility index (Phi) is 2.54. The van der Waals surface area contributed by atoms with Crippen LogP contribution in [0.25, 0.3) is 11.0 Å². The molecule has 0 unspecified atom stereocenters. The number of nitrogens with one attached hydrogen (secondary N) is 1. The second-order valence-corrected chi connectivity index (χ2v) is 3.99. The van der Waals surface area contributed by atoms with Crippen LogP contribution in [0.15, 0.2) is 29.4 Å². The van der Waals surface area contributed by atoms with Gasteiger partial charge in [0.05, 0.1) is 11.0 Å². The molecule has 0 radical (unpaired) electrons. The Balaban J connectivity index is 2.28. The zero-order valence-electron chi connectivity index (χ0n) is 7.58. The molecule has 68 valence electrons. The summed E-state index contributed by atoms with van der Waals surface area (Å²) in [6.07, 6.45) is 1.18. The summed E-state index contributed by atoms with van der Waals surface area (Å²) in [6, 6.07) is 8.12. The van der Waals surface area contributed by atoms with E-state index in [0.717, 1.165) is 21.9 Å². The highest BCUT2D eigenvalue weighted by Crippen LogP contribution is 2.19. The Morgan fingerprint density at radius 1 is 1.38 bits per heavy atom. The van der Waals surface area contributed by atoms with Gasteiger partial charge in [-0.2, -0.15) is 0 Å². The monoisotopic (exact) mass is 192 g/mol. The number of H-pyrrole nitrogens is 1. The van der Waals surface area contributed by atoms with Crippen LogP contribution in [0.2, 0.25) is 0 Å². The molecule has 0 aliphatic heterocycles. The fourth-order valence-corrected chi connectivity index (χ4v) is 1.94. The minimum atomic E-state index is 1.03. The second kappa shape index (κ2) is 3.83. The highest BCUT2D eigenvalue weighted by atomic mass is 32.2. The standard InChI is InChI=1S/C10H12N2S/c1-2-7-13-10-11-8-5-3-4-6-9(8)12-10/h3-6H,2,7H2,1H3,(H,11,12). The first-order valence-electron chi connectivity index (χ1n) is 4.47. The Bertz CT molecular complexity index is 361. The fraction of sp³-hybridized carbons (Fsp3) is 0.300. The number of hydrogen-bond acceptors (Lipinski definition) is 2. The summed E-state index contributed by atoms with van der Waals surface area (Å²) >= 11 is 1.78. The van der Waals surface area contributed by atoms with E-state index in [9.17, 15) is 0 Å². The third kappa shape index (κ3) is 1.86. The Labute approximate surface area is 81.8 Å². The third-order valence-corrected chi connectivity index (χ3v) is 2.89. The molecule has 2 aromatic rings. The molecule has 0 atom stereocenters. The molecule has 0 spiro atoms. The molecular formula is C10H12N2S. The Hall–Kier alpha value is -0.960. The first-order chi connectivity index (χ1) is 6.40. The summed E-state index contributed by atoms with van der Waals surface area (Å²) < 4.78 is 0. The smallest absolute Gasteiger partial charge is 0.166 e. The van der Waals surface area contributed by atoms with E-state index in [2.05, 4.69) is 23.0 Å². The quantitative estimate of drug-likeness (QED) is 0.757. The summed E-state index contributed by atoms with van der Waals surface area (Å²) in [5, 5.41) is 1.03. The van der Waals surface area contributed by atoms with E-state index in [0.29, 0.717) is 0 Å². The number of rotatable bonds is 3. The molecular weight excluding hydrogens is 180 g/mol. The molecule has 3 heteroatoms. The van der Waals surface area contributed by atoms with Crippen molar-refractivity contribution in [2.45, 2.75) is 18.5 Å². The molecule has 2 rings (SSSR count). The first kappa shape index (κ1) is 8.63. The number of hydrogen-bond donors (Lipinski definition) is 1. The van der Waals surface area contributed by atoms with Gasteiger partial charge in [0.2, 0.25) is 0 Å². The van der Waals surface area contributed by atoms with Gasteiger partial charge in [0.15, 0.2) is 5.16 Å². The zero-order valence-corrected chi connectivity index (χ0v) is 8.40. The van der Waals surface area contributed by atoms with E-state index in [1.54, 1.807) is 11.8 Å². The molecule has 0 saturated carbocycles. The predicted molar refractivity (Wildman–Crippen MR) is 57.1 cm³/mol. The van der Waals surface area contributed by atoms with Crippen molar-refractivity contribution >= 4 is 22.8 Å². The van der Waals surface area contributed by atoms with Crippen molar-refractivity contribution < 1.29 is 0 Å². The number of nitrogens with zero attached hydrogens (tertiary/aromatic N) is 1.